The van der Waals surface area contributed by atoms with Gasteiger partial charge in [0.2, 0.25) is 0 Å². The maximum Gasteiger partial charge on any atom is 0.280 e. The second-order valence-corrected chi connectivity index (χ2v) is 9.52. The Balaban J connectivity index is 2.10. The number of ether oxygens (including phenoxy) is 1. The van der Waals surface area contributed by atoms with Gasteiger partial charge in [-0.1, -0.05) is 37.1 Å². The Morgan fingerprint density at radius 1 is 1.00 bits per heavy atom. The van der Waals surface area contributed by atoms with E-state index in [4.69, 9.17) is 4.74 Å². The Labute approximate surface area is 184 Å². The maximum absolute atomic E-state index is 5.64. The summed E-state index contributed by atoms with van der Waals surface area (Å²) in [5.74, 6) is 1.44. The molecular formula is C27H43N2O+. The minimum Gasteiger partial charge on any atom is -0.498 e. The minimum absolute atomic E-state index is 0.605. The van der Waals surface area contributed by atoms with E-state index in [0.717, 1.165) is 6.54 Å². The molecule has 0 unspecified atom stereocenters. The summed E-state index contributed by atoms with van der Waals surface area (Å²) in [6.45, 7) is 12.2. The summed E-state index contributed by atoms with van der Waals surface area (Å²) >= 11 is 0. The number of hydrogen-bond acceptors (Lipinski definition) is 1. The molecule has 0 radical (unpaired) electrons. The molecular weight excluding hydrogens is 368 g/mol. The van der Waals surface area contributed by atoms with Crippen molar-refractivity contribution in [3.63, 3.8) is 0 Å². The highest BCUT2D eigenvalue weighted by molar-refractivity contribution is 5.98. The molecule has 0 spiro atoms. The van der Waals surface area contributed by atoms with Crippen molar-refractivity contribution in [2.24, 2.45) is 0 Å². The molecule has 3 rings (SSSR count). The molecule has 2 aliphatic carbocycles. The Bertz CT molecular complexity index is 716. The summed E-state index contributed by atoms with van der Waals surface area (Å²) in [7, 11) is 2.36. The van der Waals surface area contributed by atoms with Gasteiger partial charge in [0.1, 0.15) is 13.2 Å². The quantitative estimate of drug-likeness (QED) is 0.176. The molecule has 0 aromatic heterocycles. The van der Waals surface area contributed by atoms with Crippen molar-refractivity contribution >= 4 is 5.84 Å². The minimum atomic E-state index is 0.605. The molecule has 0 aliphatic heterocycles. The van der Waals surface area contributed by atoms with E-state index >= 15 is 0 Å². The third kappa shape index (κ3) is 5.47. The first kappa shape index (κ1) is 22.9. The Hall–Kier alpha value is -1.77. The second kappa shape index (κ2) is 11.0. The third-order valence-electron chi connectivity index (χ3n) is 7.21. The standard InChI is InChI=1S/C27H43N2O/c1-6-30-18-17-29(25-15-11-8-12-16-25)27(28(5)24-13-9-7-10-14-24)26-22(3)19-21(2)20-23(26)4/h6,19-20,24-25H,1,7-18H2,2-5H3/q+1. The zero-order chi connectivity index (χ0) is 21.5. The number of aryl methyl sites for hydroxylation is 3. The van der Waals surface area contributed by atoms with Crippen LogP contribution in [0.2, 0.25) is 0 Å². The predicted molar refractivity (Wildman–Crippen MR) is 128 cm³/mol. The van der Waals surface area contributed by atoms with Gasteiger partial charge >= 0.3 is 0 Å². The fourth-order valence-corrected chi connectivity index (χ4v) is 5.79. The van der Waals surface area contributed by atoms with Gasteiger partial charge in [-0.15, -0.1) is 0 Å². The van der Waals surface area contributed by atoms with Crippen LogP contribution >= 0.6 is 0 Å². The Kier molecular flexibility index (Phi) is 8.41. The monoisotopic (exact) mass is 411 g/mol. The first-order chi connectivity index (χ1) is 14.5. The first-order valence-electron chi connectivity index (χ1n) is 12.2. The average molecular weight is 412 g/mol. The third-order valence-corrected chi connectivity index (χ3v) is 7.21. The maximum atomic E-state index is 5.64. The van der Waals surface area contributed by atoms with Crippen LogP contribution in [0.3, 0.4) is 0 Å². The van der Waals surface area contributed by atoms with Crippen molar-refractivity contribution in [2.75, 3.05) is 20.2 Å². The highest BCUT2D eigenvalue weighted by Crippen LogP contribution is 2.28. The van der Waals surface area contributed by atoms with Crippen LogP contribution in [0, 0.1) is 20.8 Å². The molecule has 0 heterocycles. The van der Waals surface area contributed by atoms with Crippen LogP contribution in [-0.2, 0) is 4.74 Å². The van der Waals surface area contributed by atoms with E-state index in [2.05, 4.69) is 56.0 Å². The zero-order valence-electron chi connectivity index (χ0n) is 19.9. The lowest BCUT2D eigenvalue weighted by Gasteiger charge is -2.34. The summed E-state index contributed by atoms with van der Waals surface area (Å²) < 4.78 is 8.28. The fourth-order valence-electron chi connectivity index (χ4n) is 5.79. The van der Waals surface area contributed by atoms with E-state index in [1.165, 1.54) is 92.3 Å². The van der Waals surface area contributed by atoms with E-state index in [1.54, 1.807) is 6.26 Å². The van der Waals surface area contributed by atoms with Gasteiger partial charge < -0.3 is 4.74 Å². The Morgan fingerprint density at radius 2 is 1.57 bits per heavy atom. The van der Waals surface area contributed by atoms with Crippen molar-refractivity contribution < 1.29 is 9.31 Å². The van der Waals surface area contributed by atoms with Gasteiger partial charge in [0.25, 0.3) is 5.84 Å². The van der Waals surface area contributed by atoms with Crippen LogP contribution in [-0.4, -0.2) is 47.6 Å². The van der Waals surface area contributed by atoms with Crippen molar-refractivity contribution in [3.8, 4) is 0 Å². The SMILES string of the molecule is C=COCCN(C(c1c(C)cc(C)cc1C)=[N+](C)C1CCCCC1)C1CCCCC1. The van der Waals surface area contributed by atoms with E-state index in [-0.39, 0.29) is 0 Å². The topological polar surface area (TPSA) is 15.5 Å². The summed E-state index contributed by atoms with van der Waals surface area (Å²) in [4.78, 5) is 2.71. The van der Waals surface area contributed by atoms with Gasteiger partial charge in [-0.3, -0.25) is 9.48 Å². The molecule has 3 heteroatoms. The normalized spacial score (nSPS) is 19.3. The van der Waals surface area contributed by atoms with Gasteiger partial charge in [-0.05, 0) is 83.3 Å². The largest absolute Gasteiger partial charge is 0.498 e. The highest BCUT2D eigenvalue weighted by atomic mass is 16.5. The van der Waals surface area contributed by atoms with Crippen LogP contribution in [0.4, 0.5) is 0 Å². The molecule has 2 saturated carbocycles. The van der Waals surface area contributed by atoms with E-state index in [1.807, 2.05) is 0 Å². The first-order valence-corrected chi connectivity index (χ1v) is 12.2. The molecule has 0 saturated heterocycles. The van der Waals surface area contributed by atoms with Crippen LogP contribution in [0.25, 0.3) is 0 Å². The number of amidine groups is 1. The average Bonchev–Trinajstić information content (AvgIpc) is 2.75. The zero-order valence-corrected chi connectivity index (χ0v) is 19.9. The Morgan fingerprint density at radius 3 is 2.13 bits per heavy atom. The number of nitrogens with zero attached hydrogens (tertiary/aromatic N) is 2. The van der Waals surface area contributed by atoms with Crippen LogP contribution in [0.1, 0.15) is 86.5 Å². The molecule has 0 atom stereocenters. The van der Waals surface area contributed by atoms with Gasteiger partial charge in [-0.25, -0.2) is 0 Å². The predicted octanol–water partition coefficient (Wildman–Crippen LogP) is 6.13. The lowest BCUT2D eigenvalue weighted by Crippen LogP contribution is -2.49. The lowest BCUT2D eigenvalue weighted by atomic mass is 9.91. The molecule has 2 fully saturated rings. The van der Waals surface area contributed by atoms with Gasteiger partial charge in [0.15, 0.2) is 0 Å². The van der Waals surface area contributed by atoms with Crippen molar-refractivity contribution in [1.29, 1.82) is 0 Å². The summed E-state index contributed by atoms with van der Waals surface area (Å²) in [5.41, 5.74) is 5.59. The van der Waals surface area contributed by atoms with Crippen LogP contribution in [0.5, 0.6) is 0 Å². The highest BCUT2D eigenvalue weighted by Gasteiger charge is 2.36. The van der Waals surface area contributed by atoms with E-state index in [0.29, 0.717) is 18.7 Å². The molecule has 30 heavy (non-hydrogen) atoms. The molecule has 0 N–H and O–H groups in total. The lowest BCUT2D eigenvalue weighted by molar-refractivity contribution is -0.546. The van der Waals surface area contributed by atoms with E-state index < -0.39 is 0 Å². The summed E-state index contributed by atoms with van der Waals surface area (Å²) in [6, 6.07) is 5.96. The molecule has 2 aliphatic rings. The fraction of sp³-hybridized carbons (Fsp3) is 0.667. The molecule has 0 bridgehead atoms. The number of benzene rings is 1. The van der Waals surface area contributed by atoms with E-state index in [9.17, 15) is 0 Å². The van der Waals surface area contributed by atoms with Gasteiger partial charge in [0, 0.05) is 0 Å². The molecule has 166 valence electrons. The number of rotatable bonds is 7. The van der Waals surface area contributed by atoms with Gasteiger partial charge in [0.05, 0.1) is 31.0 Å². The summed E-state index contributed by atoms with van der Waals surface area (Å²) in [5, 5.41) is 0. The van der Waals surface area contributed by atoms with Crippen LogP contribution in [0.15, 0.2) is 25.0 Å². The van der Waals surface area contributed by atoms with Crippen LogP contribution < -0.4 is 0 Å². The molecule has 0 amide bonds. The smallest absolute Gasteiger partial charge is 0.280 e. The van der Waals surface area contributed by atoms with Crippen molar-refractivity contribution in [2.45, 2.75) is 97.1 Å². The number of hydrogen-bond donors (Lipinski definition) is 0. The molecule has 3 nitrogen and oxygen atoms in total. The molecule has 1 aromatic carbocycles. The van der Waals surface area contributed by atoms with Crippen molar-refractivity contribution in [3.05, 3.63) is 47.2 Å². The van der Waals surface area contributed by atoms with Crippen molar-refractivity contribution in [1.82, 2.24) is 4.90 Å². The van der Waals surface area contributed by atoms with Gasteiger partial charge in [-0.2, -0.15) is 0 Å². The second-order valence-electron chi connectivity index (χ2n) is 9.52. The summed E-state index contributed by atoms with van der Waals surface area (Å²) in [6.07, 6.45) is 15.0. The molecule has 1 aromatic rings.